The number of nitrogens with zero attached hydrogens (tertiary/aromatic N) is 4. The minimum atomic E-state index is -1.01. The van der Waals surface area contributed by atoms with Crippen LogP contribution in [0, 0.1) is 17.1 Å². The first-order chi connectivity index (χ1) is 9.15. The summed E-state index contributed by atoms with van der Waals surface area (Å²) in [6.07, 6.45) is -1.01. The molecule has 1 unspecified atom stereocenters. The molecule has 98 valence electrons. The van der Waals surface area contributed by atoms with Crippen molar-refractivity contribution in [1.82, 2.24) is 15.0 Å². The fourth-order valence-electron chi connectivity index (χ4n) is 1.67. The summed E-state index contributed by atoms with van der Waals surface area (Å²) < 4.78 is 14.2. The number of halogens is 1. The van der Waals surface area contributed by atoms with Crippen molar-refractivity contribution >= 4 is 0 Å². The van der Waals surface area contributed by atoms with E-state index in [1.807, 2.05) is 6.07 Å². The number of nitriles is 1. The van der Waals surface area contributed by atoms with Crippen LogP contribution in [0.2, 0.25) is 0 Å². The normalized spacial score (nSPS) is 12.1. The zero-order valence-corrected chi connectivity index (χ0v) is 9.86. The van der Waals surface area contributed by atoms with Crippen LogP contribution in [0.5, 0.6) is 0 Å². The highest BCUT2D eigenvalue weighted by Crippen LogP contribution is 2.22. The molecule has 0 spiro atoms. The summed E-state index contributed by atoms with van der Waals surface area (Å²) in [5, 5.41) is 34.7. The van der Waals surface area contributed by atoms with Gasteiger partial charge in [0, 0.05) is 5.56 Å². The fourth-order valence-corrected chi connectivity index (χ4v) is 1.67. The van der Waals surface area contributed by atoms with E-state index in [1.54, 1.807) is 0 Å². The summed E-state index contributed by atoms with van der Waals surface area (Å²) in [5.74, 6) is -0.392. The Morgan fingerprint density at radius 3 is 2.63 bits per heavy atom. The minimum absolute atomic E-state index is 0.00209. The van der Waals surface area contributed by atoms with Gasteiger partial charge in [-0.25, -0.2) is 9.07 Å². The van der Waals surface area contributed by atoms with Crippen molar-refractivity contribution < 1.29 is 14.6 Å². The van der Waals surface area contributed by atoms with Crippen molar-refractivity contribution in [3.8, 4) is 17.3 Å². The van der Waals surface area contributed by atoms with Gasteiger partial charge < -0.3 is 10.2 Å². The quantitative estimate of drug-likeness (QED) is 0.826. The SMILES string of the molecule is N#Cc1nnn(CC(O)CO)c1-c1ccc(F)cc1. The summed E-state index contributed by atoms with van der Waals surface area (Å²) in [6, 6.07) is 7.40. The average Bonchev–Trinajstić information content (AvgIpc) is 2.82. The summed E-state index contributed by atoms with van der Waals surface area (Å²) in [5.41, 5.74) is 1.03. The number of hydrogen-bond donors (Lipinski definition) is 2. The molecule has 19 heavy (non-hydrogen) atoms. The molecule has 1 aromatic carbocycles. The maximum Gasteiger partial charge on any atom is 0.190 e. The maximum absolute atomic E-state index is 12.9. The van der Waals surface area contributed by atoms with Crippen molar-refractivity contribution in [3.05, 3.63) is 35.8 Å². The van der Waals surface area contributed by atoms with Gasteiger partial charge in [-0.3, -0.25) is 0 Å². The highest BCUT2D eigenvalue weighted by molar-refractivity contribution is 5.64. The first-order valence-corrected chi connectivity index (χ1v) is 5.54. The van der Waals surface area contributed by atoms with Gasteiger partial charge in [0.2, 0.25) is 0 Å². The van der Waals surface area contributed by atoms with Gasteiger partial charge in [0.15, 0.2) is 5.69 Å². The minimum Gasteiger partial charge on any atom is -0.394 e. The molecule has 1 heterocycles. The molecule has 0 radical (unpaired) electrons. The van der Waals surface area contributed by atoms with E-state index in [9.17, 15) is 9.50 Å². The van der Waals surface area contributed by atoms with E-state index in [-0.39, 0.29) is 12.2 Å². The molecule has 6 nitrogen and oxygen atoms in total. The van der Waals surface area contributed by atoms with Crippen LogP contribution in [0.1, 0.15) is 5.69 Å². The van der Waals surface area contributed by atoms with Gasteiger partial charge in [0.25, 0.3) is 0 Å². The van der Waals surface area contributed by atoms with E-state index in [0.29, 0.717) is 11.3 Å². The summed E-state index contributed by atoms with van der Waals surface area (Å²) in [7, 11) is 0. The Morgan fingerprint density at radius 1 is 1.37 bits per heavy atom. The molecule has 0 amide bonds. The third-order valence-corrected chi connectivity index (χ3v) is 2.55. The topological polar surface area (TPSA) is 95.0 Å². The lowest BCUT2D eigenvalue weighted by Crippen LogP contribution is -2.21. The second-order valence-corrected chi connectivity index (χ2v) is 3.92. The van der Waals surface area contributed by atoms with Crippen molar-refractivity contribution in [2.24, 2.45) is 0 Å². The molecule has 0 aliphatic rings. The maximum atomic E-state index is 12.9. The van der Waals surface area contributed by atoms with E-state index >= 15 is 0 Å². The number of hydrogen-bond acceptors (Lipinski definition) is 5. The number of aromatic nitrogens is 3. The largest absolute Gasteiger partial charge is 0.394 e. The van der Waals surface area contributed by atoms with E-state index in [0.717, 1.165) is 0 Å². The van der Waals surface area contributed by atoms with Gasteiger partial charge in [-0.1, -0.05) is 5.21 Å². The van der Waals surface area contributed by atoms with Crippen LogP contribution in [-0.2, 0) is 6.54 Å². The lowest BCUT2D eigenvalue weighted by Gasteiger charge is -2.10. The standard InChI is InChI=1S/C12H11FN4O2/c13-9-3-1-8(2-4-9)12-11(5-14)15-16-17(12)6-10(19)7-18/h1-4,10,18-19H,6-7H2. The third-order valence-electron chi connectivity index (χ3n) is 2.55. The van der Waals surface area contributed by atoms with Gasteiger partial charge in [-0.2, -0.15) is 5.26 Å². The Hall–Kier alpha value is -2.30. The molecular weight excluding hydrogens is 251 g/mol. The Balaban J connectivity index is 2.45. The summed E-state index contributed by atoms with van der Waals surface area (Å²) in [6.45, 7) is -0.428. The van der Waals surface area contributed by atoms with Gasteiger partial charge >= 0.3 is 0 Å². The van der Waals surface area contributed by atoms with E-state index in [1.165, 1.54) is 28.9 Å². The Morgan fingerprint density at radius 2 is 2.05 bits per heavy atom. The second-order valence-electron chi connectivity index (χ2n) is 3.92. The number of benzene rings is 1. The van der Waals surface area contributed by atoms with Gasteiger partial charge in [0.05, 0.1) is 19.3 Å². The zero-order chi connectivity index (χ0) is 13.8. The van der Waals surface area contributed by atoms with Crippen LogP contribution in [-0.4, -0.2) is 37.9 Å². The van der Waals surface area contributed by atoms with Crippen LogP contribution < -0.4 is 0 Å². The molecule has 0 fully saturated rings. The molecule has 0 aliphatic heterocycles. The number of rotatable bonds is 4. The van der Waals surface area contributed by atoms with Gasteiger partial charge in [0.1, 0.15) is 17.6 Å². The Kier molecular flexibility index (Phi) is 3.85. The molecular formula is C12H11FN4O2. The van der Waals surface area contributed by atoms with Crippen LogP contribution in [0.25, 0.3) is 11.3 Å². The number of aliphatic hydroxyl groups excluding tert-OH is 2. The molecule has 2 rings (SSSR count). The predicted octanol–water partition coefficient (Wildman–Crippen LogP) is 0.309. The molecule has 1 atom stereocenters. The molecule has 1 aromatic heterocycles. The smallest absolute Gasteiger partial charge is 0.190 e. The first-order valence-electron chi connectivity index (χ1n) is 5.54. The lowest BCUT2D eigenvalue weighted by atomic mass is 10.1. The summed E-state index contributed by atoms with van der Waals surface area (Å²) >= 11 is 0. The molecule has 0 aliphatic carbocycles. The van der Waals surface area contributed by atoms with Crippen LogP contribution in [0.3, 0.4) is 0 Å². The van der Waals surface area contributed by atoms with Crippen molar-refractivity contribution in [2.75, 3.05) is 6.61 Å². The van der Waals surface area contributed by atoms with Crippen molar-refractivity contribution in [3.63, 3.8) is 0 Å². The van der Waals surface area contributed by atoms with Gasteiger partial charge in [-0.15, -0.1) is 5.10 Å². The van der Waals surface area contributed by atoms with Crippen LogP contribution >= 0.6 is 0 Å². The molecule has 0 saturated heterocycles. The molecule has 7 heteroatoms. The number of aliphatic hydroxyl groups is 2. The molecule has 0 saturated carbocycles. The fraction of sp³-hybridized carbons (Fsp3) is 0.250. The van der Waals surface area contributed by atoms with Crippen molar-refractivity contribution in [1.29, 1.82) is 5.26 Å². The van der Waals surface area contributed by atoms with Crippen molar-refractivity contribution in [2.45, 2.75) is 12.6 Å². The van der Waals surface area contributed by atoms with Crippen LogP contribution in [0.15, 0.2) is 24.3 Å². The monoisotopic (exact) mass is 262 g/mol. The Bertz CT molecular complexity index is 603. The van der Waals surface area contributed by atoms with Gasteiger partial charge in [-0.05, 0) is 24.3 Å². The summed E-state index contributed by atoms with van der Waals surface area (Å²) in [4.78, 5) is 0. The molecule has 2 aromatic rings. The highest BCUT2D eigenvalue weighted by atomic mass is 19.1. The zero-order valence-electron chi connectivity index (χ0n) is 9.86. The third kappa shape index (κ3) is 2.76. The van der Waals surface area contributed by atoms with E-state index in [2.05, 4.69) is 10.3 Å². The average molecular weight is 262 g/mol. The Labute approximate surface area is 108 Å². The predicted molar refractivity (Wildman–Crippen MR) is 63.2 cm³/mol. The lowest BCUT2D eigenvalue weighted by molar-refractivity contribution is 0.0782. The molecule has 2 N–H and O–H groups in total. The van der Waals surface area contributed by atoms with E-state index < -0.39 is 18.5 Å². The first kappa shape index (κ1) is 13.1. The second kappa shape index (κ2) is 5.56. The highest BCUT2D eigenvalue weighted by Gasteiger charge is 2.16. The molecule has 0 bridgehead atoms. The van der Waals surface area contributed by atoms with E-state index in [4.69, 9.17) is 10.4 Å². The van der Waals surface area contributed by atoms with Crippen LogP contribution in [0.4, 0.5) is 4.39 Å².